The van der Waals surface area contributed by atoms with E-state index in [9.17, 15) is 4.39 Å². The number of aromatic nitrogens is 3. The van der Waals surface area contributed by atoms with E-state index >= 15 is 0 Å². The largest absolute Gasteiger partial charge is 0.267 e. The minimum atomic E-state index is -0.552. The van der Waals surface area contributed by atoms with E-state index in [1.165, 1.54) is 23.5 Å². The van der Waals surface area contributed by atoms with Gasteiger partial charge in [-0.05, 0) is 41.9 Å². The number of rotatable bonds is 2. The van der Waals surface area contributed by atoms with Crippen LogP contribution in [0.5, 0.6) is 0 Å². The number of nitriles is 1. The number of nitrogens with one attached hydrogen (secondary N) is 1. The Hall–Kier alpha value is -2.30. The molecule has 0 saturated heterocycles. The summed E-state index contributed by atoms with van der Waals surface area (Å²) in [6, 6.07) is 9.92. The molecule has 1 N–H and O–H groups in total. The Labute approximate surface area is 122 Å². The van der Waals surface area contributed by atoms with Crippen LogP contribution in [0, 0.1) is 21.9 Å². The number of benzene rings is 1. The Morgan fingerprint density at radius 2 is 2.25 bits per heavy atom. The van der Waals surface area contributed by atoms with E-state index < -0.39 is 5.82 Å². The predicted octanol–water partition coefficient (Wildman–Crippen LogP) is 3.67. The van der Waals surface area contributed by atoms with Crippen molar-refractivity contribution in [3.05, 3.63) is 51.9 Å². The van der Waals surface area contributed by atoms with E-state index in [0.717, 1.165) is 4.88 Å². The van der Waals surface area contributed by atoms with Crippen LogP contribution < -0.4 is 0 Å². The fourth-order valence-corrected chi connectivity index (χ4v) is 2.79. The number of halogens is 1. The smallest absolute Gasteiger partial charge is 0.200 e. The molecular weight excluding hydrogens is 295 g/mol. The van der Waals surface area contributed by atoms with Crippen LogP contribution in [0.1, 0.15) is 5.56 Å². The van der Waals surface area contributed by atoms with Gasteiger partial charge in [-0.15, -0.1) is 11.3 Å². The highest BCUT2D eigenvalue weighted by atomic mass is 32.1. The maximum atomic E-state index is 13.4. The van der Waals surface area contributed by atoms with Gasteiger partial charge in [-0.1, -0.05) is 6.07 Å². The zero-order valence-corrected chi connectivity index (χ0v) is 11.6. The maximum absolute atomic E-state index is 13.4. The van der Waals surface area contributed by atoms with Crippen LogP contribution in [0.15, 0.2) is 35.7 Å². The number of thiophene rings is 1. The van der Waals surface area contributed by atoms with Crippen LogP contribution in [-0.4, -0.2) is 14.8 Å². The molecule has 0 aliphatic rings. The van der Waals surface area contributed by atoms with E-state index in [1.54, 1.807) is 10.6 Å². The quantitative estimate of drug-likeness (QED) is 0.735. The van der Waals surface area contributed by atoms with Crippen molar-refractivity contribution < 1.29 is 4.39 Å². The Bertz CT molecular complexity index is 855. The molecule has 3 aromatic rings. The summed E-state index contributed by atoms with van der Waals surface area (Å²) in [7, 11) is 0. The lowest BCUT2D eigenvalue weighted by molar-refractivity contribution is 0.623. The number of H-pyrrole nitrogens is 1. The maximum Gasteiger partial charge on any atom is 0.200 e. The molecule has 2 aromatic heterocycles. The van der Waals surface area contributed by atoms with Crippen LogP contribution in [-0.2, 0) is 0 Å². The number of hydrogen-bond acceptors (Lipinski definition) is 4. The minimum Gasteiger partial charge on any atom is -0.267 e. The molecule has 0 radical (unpaired) electrons. The lowest BCUT2D eigenvalue weighted by Gasteiger charge is -2.06. The van der Waals surface area contributed by atoms with Crippen molar-refractivity contribution in [3.63, 3.8) is 0 Å². The lowest BCUT2D eigenvalue weighted by Crippen LogP contribution is -1.98. The van der Waals surface area contributed by atoms with Gasteiger partial charge in [0.1, 0.15) is 11.9 Å². The monoisotopic (exact) mass is 302 g/mol. The van der Waals surface area contributed by atoms with E-state index in [1.807, 2.05) is 23.6 Å². The van der Waals surface area contributed by atoms with Crippen molar-refractivity contribution in [1.29, 1.82) is 5.26 Å². The molecule has 0 bridgehead atoms. The molecule has 0 atom stereocenters. The first kappa shape index (κ1) is 12.7. The first-order valence-electron chi connectivity index (χ1n) is 5.62. The predicted molar refractivity (Wildman–Crippen MR) is 76.7 cm³/mol. The Balaban J connectivity index is 2.23. The molecule has 98 valence electrons. The fraction of sp³-hybridized carbons (Fsp3) is 0. The van der Waals surface area contributed by atoms with Crippen molar-refractivity contribution in [2.24, 2.45) is 0 Å². The minimum absolute atomic E-state index is 0.0253. The number of hydrogen-bond donors (Lipinski definition) is 1. The molecule has 0 amide bonds. The Morgan fingerprint density at radius 1 is 1.40 bits per heavy atom. The average molecular weight is 302 g/mol. The summed E-state index contributed by atoms with van der Waals surface area (Å²) in [5.74, 6) is 0.0874. The molecule has 0 spiro atoms. The third kappa shape index (κ3) is 2.05. The van der Waals surface area contributed by atoms with Gasteiger partial charge in [0.05, 0.1) is 16.1 Å². The third-order valence-electron chi connectivity index (χ3n) is 2.74. The van der Waals surface area contributed by atoms with Crippen LogP contribution in [0.2, 0.25) is 0 Å². The van der Waals surface area contributed by atoms with Gasteiger partial charge in [0.15, 0.2) is 10.6 Å². The second-order valence-corrected chi connectivity index (χ2v) is 5.28. The fourth-order valence-electron chi connectivity index (χ4n) is 1.85. The molecule has 2 heterocycles. The van der Waals surface area contributed by atoms with Crippen molar-refractivity contribution in [3.8, 4) is 22.5 Å². The molecule has 4 nitrogen and oxygen atoms in total. The average Bonchev–Trinajstić information content (AvgIpc) is 3.08. The summed E-state index contributed by atoms with van der Waals surface area (Å²) in [5.41, 5.74) is 0.577. The molecule has 0 unspecified atom stereocenters. The van der Waals surface area contributed by atoms with Crippen LogP contribution in [0.25, 0.3) is 16.4 Å². The Kier molecular flexibility index (Phi) is 3.18. The summed E-state index contributed by atoms with van der Waals surface area (Å²) in [4.78, 5) is 0.931. The Morgan fingerprint density at radius 3 is 2.95 bits per heavy atom. The van der Waals surface area contributed by atoms with Crippen molar-refractivity contribution >= 4 is 23.6 Å². The van der Waals surface area contributed by atoms with Crippen molar-refractivity contribution in [2.75, 3.05) is 0 Å². The van der Waals surface area contributed by atoms with E-state index in [4.69, 9.17) is 17.5 Å². The first-order chi connectivity index (χ1) is 9.70. The molecule has 0 aliphatic heterocycles. The third-order valence-corrected chi connectivity index (χ3v) is 3.88. The van der Waals surface area contributed by atoms with E-state index in [-0.39, 0.29) is 5.56 Å². The van der Waals surface area contributed by atoms with E-state index in [2.05, 4.69) is 10.2 Å². The summed E-state index contributed by atoms with van der Waals surface area (Å²) in [5, 5.41) is 17.8. The number of nitrogens with zero attached hydrogens (tertiary/aromatic N) is 3. The van der Waals surface area contributed by atoms with Gasteiger partial charge >= 0.3 is 0 Å². The lowest BCUT2D eigenvalue weighted by atomic mass is 10.2. The summed E-state index contributed by atoms with van der Waals surface area (Å²) in [6.45, 7) is 0. The number of aromatic amines is 1. The molecule has 0 fully saturated rings. The van der Waals surface area contributed by atoms with Crippen molar-refractivity contribution in [2.45, 2.75) is 0 Å². The van der Waals surface area contributed by atoms with Crippen molar-refractivity contribution in [1.82, 2.24) is 14.8 Å². The van der Waals surface area contributed by atoms with Crippen LogP contribution >= 0.6 is 23.6 Å². The molecule has 3 rings (SSSR count). The standard InChI is InChI=1S/C13H7FN4S2/c14-10-4-3-9(6-8(10)7-15)18-12(16-17-13(18)19)11-2-1-5-20-11/h1-6H,(H,17,19). The topological polar surface area (TPSA) is 57.4 Å². The summed E-state index contributed by atoms with van der Waals surface area (Å²) >= 11 is 6.74. The van der Waals surface area contributed by atoms with Gasteiger partial charge in [-0.2, -0.15) is 10.4 Å². The highest BCUT2D eigenvalue weighted by Crippen LogP contribution is 2.26. The normalized spacial score (nSPS) is 10.4. The zero-order chi connectivity index (χ0) is 14.1. The highest BCUT2D eigenvalue weighted by molar-refractivity contribution is 7.71. The molecule has 0 aliphatic carbocycles. The van der Waals surface area contributed by atoms with Crippen LogP contribution in [0.4, 0.5) is 4.39 Å². The van der Waals surface area contributed by atoms with Gasteiger partial charge in [0, 0.05) is 0 Å². The first-order valence-corrected chi connectivity index (χ1v) is 6.91. The van der Waals surface area contributed by atoms with Gasteiger partial charge in [0.25, 0.3) is 0 Å². The van der Waals surface area contributed by atoms with Gasteiger partial charge < -0.3 is 0 Å². The van der Waals surface area contributed by atoms with Gasteiger partial charge in [0.2, 0.25) is 0 Å². The second-order valence-electron chi connectivity index (χ2n) is 3.94. The van der Waals surface area contributed by atoms with Gasteiger partial charge in [-0.25, -0.2) is 4.39 Å². The molecular formula is C13H7FN4S2. The molecule has 0 saturated carbocycles. The molecule has 7 heteroatoms. The molecule has 1 aromatic carbocycles. The summed E-state index contributed by atoms with van der Waals surface area (Å²) in [6.07, 6.45) is 0. The van der Waals surface area contributed by atoms with Crippen LogP contribution in [0.3, 0.4) is 0 Å². The summed E-state index contributed by atoms with van der Waals surface area (Å²) < 4.78 is 15.5. The van der Waals surface area contributed by atoms with Gasteiger partial charge in [-0.3, -0.25) is 9.67 Å². The SMILES string of the molecule is N#Cc1cc(-n2c(-c3cccs3)n[nH]c2=S)ccc1F. The highest BCUT2D eigenvalue weighted by Gasteiger charge is 2.13. The van der Waals surface area contributed by atoms with E-state index in [0.29, 0.717) is 16.3 Å². The molecule has 20 heavy (non-hydrogen) atoms. The second kappa shape index (κ2) is 5.00. The zero-order valence-electron chi connectivity index (χ0n) is 10.0.